The van der Waals surface area contributed by atoms with E-state index in [0.717, 1.165) is 5.69 Å². The van der Waals surface area contributed by atoms with Crippen LogP contribution in [0.3, 0.4) is 0 Å². The first kappa shape index (κ1) is 12.6. The van der Waals surface area contributed by atoms with Gasteiger partial charge in [-0.15, -0.1) is 11.3 Å². The first-order chi connectivity index (χ1) is 9.13. The van der Waals surface area contributed by atoms with Gasteiger partial charge >= 0.3 is 0 Å². The summed E-state index contributed by atoms with van der Waals surface area (Å²) in [4.78, 5) is 15.1. The highest BCUT2D eigenvalue weighted by molar-refractivity contribution is 9.10. The molecule has 2 aromatic rings. The van der Waals surface area contributed by atoms with Crippen LogP contribution in [0.25, 0.3) is 0 Å². The number of nitro benzene ring substituents is 1. The quantitative estimate of drug-likeness (QED) is 0.660. The Balaban J connectivity index is 1.87. The molecule has 1 heterocycles. The fourth-order valence-corrected chi connectivity index (χ4v) is 2.94. The number of thiazole rings is 1. The van der Waals surface area contributed by atoms with Crippen LogP contribution in [0.2, 0.25) is 0 Å². The molecule has 0 radical (unpaired) electrons. The summed E-state index contributed by atoms with van der Waals surface area (Å²) in [5.74, 6) is 0.590. The second-order valence-electron chi connectivity index (χ2n) is 4.40. The summed E-state index contributed by atoms with van der Waals surface area (Å²) < 4.78 is 0.683. The van der Waals surface area contributed by atoms with E-state index in [4.69, 9.17) is 0 Å². The molecule has 1 saturated carbocycles. The van der Waals surface area contributed by atoms with E-state index in [0.29, 0.717) is 21.2 Å². The second-order valence-corrected chi connectivity index (χ2v) is 6.17. The number of nitro groups is 1. The highest BCUT2D eigenvalue weighted by Crippen LogP contribution is 2.41. The molecule has 7 heteroatoms. The lowest BCUT2D eigenvalue weighted by molar-refractivity contribution is -0.384. The predicted octanol–water partition coefficient (Wildman–Crippen LogP) is 4.43. The van der Waals surface area contributed by atoms with Gasteiger partial charge in [-0.25, -0.2) is 4.98 Å². The lowest BCUT2D eigenvalue weighted by Crippen LogP contribution is -1.97. The normalized spacial score (nSPS) is 14.4. The van der Waals surface area contributed by atoms with Crippen molar-refractivity contribution < 1.29 is 4.92 Å². The number of halogens is 1. The maximum atomic E-state index is 11.0. The molecule has 0 saturated heterocycles. The van der Waals surface area contributed by atoms with Gasteiger partial charge in [0.15, 0.2) is 5.13 Å². The minimum Gasteiger partial charge on any atom is -0.326 e. The fourth-order valence-electron chi connectivity index (χ4n) is 1.79. The lowest BCUT2D eigenvalue weighted by atomic mass is 10.3. The highest BCUT2D eigenvalue weighted by Gasteiger charge is 2.26. The first-order valence-corrected chi connectivity index (χ1v) is 7.47. The van der Waals surface area contributed by atoms with E-state index in [1.165, 1.54) is 30.2 Å². The molecular formula is C12H10BrN3O2S. The Morgan fingerprint density at radius 3 is 2.95 bits per heavy atom. The molecule has 0 unspecified atom stereocenters. The summed E-state index contributed by atoms with van der Waals surface area (Å²) in [6.07, 6.45) is 2.39. The molecule has 3 rings (SSSR count). The highest BCUT2D eigenvalue weighted by atomic mass is 79.9. The van der Waals surface area contributed by atoms with Crippen molar-refractivity contribution in [3.8, 4) is 0 Å². The molecule has 0 atom stereocenters. The minimum atomic E-state index is -0.400. The van der Waals surface area contributed by atoms with Gasteiger partial charge in [-0.3, -0.25) is 10.1 Å². The molecule has 1 aliphatic rings. The molecule has 1 aromatic heterocycles. The Bertz CT molecular complexity index is 640. The van der Waals surface area contributed by atoms with E-state index in [-0.39, 0.29) is 5.69 Å². The maximum Gasteiger partial charge on any atom is 0.293 e. The standard InChI is InChI=1S/C12H10BrN3O2S/c13-8-3-4-9(11(5-8)16(17)18)14-12-15-10(6-19-12)7-1-2-7/h3-7H,1-2H2,(H,14,15). The predicted molar refractivity (Wildman–Crippen MR) is 78.2 cm³/mol. The van der Waals surface area contributed by atoms with E-state index >= 15 is 0 Å². The number of benzene rings is 1. The summed E-state index contributed by atoms with van der Waals surface area (Å²) >= 11 is 4.72. The molecule has 1 aliphatic carbocycles. The number of hydrogen-bond donors (Lipinski definition) is 1. The summed E-state index contributed by atoms with van der Waals surface area (Å²) in [7, 11) is 0. The molecule has 0 amide bonds. The van der Waals surface area contributed by atoms with Crippen LogP contribution >= 0.6 is 27.3 Å². The number of aromatic nitrogens is 1. The van der Waals surface area contributed by atoms with Gasteiger partial charge in [0.1, 0.15) is 5.69 Å². The van der Waals surface area contributed by atoms with Gasteiger partial charge in [0, 0.05) is 21.8 Å². The van der Waals surface area contributed by atoms with Gasteiger partial charge in [0.2, 0.25) is 0 Å². The van der Waals surface area contributed by atoms with Crippen LogP contribution in [0, 0.1) is 10.1 Å². The topological polar surface area (TPSA) is 68.1 Å². The largest absolute Gasteiger partial charge is 0.326 e. The van der Waals surface area contributed by atoms with E-state index in [9.17, 15) is 10.1 Å². The maximum absolute atomic E-state index is 11.0. The smallest absolute Gasteiger partial charge is 0.293 e. The van der Waals surface area contributed by atoms with Crippen molar-refractivity contribution in [3.05, 3.63) is 43.9 Å². The van der Waals surface area contributed by atoms with Crippen LogP contribution in [-0.4, -0.2) is 9.91 Å². The SMILES string of the molecule is O=[N+]([O-])c1cc(Br)ccc1Nc1nc(C2CC2)cs1. The minimum absolute atomic E-state index is 0.0394. The lowest BCUT2D eigenvalue weighted by Gasteiger charge is -2.04. The van der Waals surface area contributed by atoms with Crippen molar-refractivity contribution >= 4 is 43.8 Å². The third kappa shape index (κ3) is 2.76. The van der Waals surface area contributed by atoms with Crippen LogP contribution in [0.1, 0.15) is 24.5 Å². The zero-order valence-corrected chi connectivity index (χ0v) is 12.2. The number of nitrogens with zero attached hydrogens (tertiary/aromatic N) is 2. The molecule has 5 nitrogen and oxygen atoms in total. The molecule has 98 valence electrons. The van der Waals surface area contributed by atoms with Gasteiger partial charge in [0.25, 0.3) is 5.69 Å². The van der Waals surface area contributed by atoms with Crippen molar-refractivity contribution in [2.75, 3.05) is 5.32 Å². The summed E-state index contributed by atoms with van der Waals surface area (Å²) in [6, 6.07) is 4.93. The average molecular weight is 340 g/mol. The molecule has 1 fully saturated rings. The second kappa shape index (κ2) is 4.90. The van der Waals surface area contributed by atoms with Crippen molar-refractivity contribution in [1.29, 1.82) is 0 Å². The van der Waals surface area contributed by atoms with Crippen LogP contribution in [0.4, 0.5) is 16.5 Å². The number of rotatable bonds is 4. The molecule has 19 heavy (non-hydrogen) atoms. The Morgan fingerprint density at radius 2 is 2.26 bits per heavy atom. The number of hydrogen-bond acceptors (Lipinski definition) is 5. The Morgan fingerprint density at radius 1 is 1.47 bits per heavy atom. The summed E-state index contributed by atoms with van der Waals surface area (Å²) in [6.45, 7) is 0. The van der Waals surface area contributed by atoms with Crippen molar-refractivity contribution in [3.63, 3.8) is 0 Å². The third-order valence-corrected chi connectivity index (χ3v) is 4.18. The zero-order valence-electron chi connectivity index (χ0n) is 9.80. The van der Waals surface area contributed by atoms with E-state index < -0.39 is 4.92 Å². The molecular weight excluding hydrogens is 330 g/mol. The van der Waals surface area contributed by atoms with Crippen molar-refractivity contribution in [1.82, 2.24) is 4.98 Å². The average Bonchev–Trinajstić information content (AvgIpc) is 3.12. The van der Waals surface area contributed by atoms with E-state index in [2.05, 4.69) is 26.2 Å². The van der Waals surface area contributed by atoms with E-state index in [1.54, 1.807) is 12.1 Å². The Hall–Kier alpha value is -1.47. The van der Waals surface area contributed by atoms with Crippen molar-refractivity contribution in [2.24, 2.45) is 0 Å². The summed E-state index contributed by atoms with van der Waals surface area (Å²) in [5.41, 5.74) is 1.59. The third-order valence-electron chi connectivity index (χ3n) is 2.92. The number of anilines is 2. The van der Waals surface area contributed by atoms with Crippen LogP contribution in [0.5, 0.6) is 0 Å². The van der Waals surface area contributed by atoms with Gasteiger partial charge in [-0.05, 0) is 25.0 Å². The van der Waals surface area contributed by atoms with Gasteiger partial charge in [-0.1, -0.05) is 15.9 Å². The molecule has 0 bridgehead atoms. The van der Waals surface area contributed by atoms with Gasteiger partial charge < -0.3 is 5.32 Å². The Labute approximate surface area is 122 Å². The van der Waals surface area contributed by atoms with Crippen molar-refractivity contribution in [2.45, 2.75) is 18.8 Å². The number of nitrogens with one attached hydrogen (secondary N) is 1. The monoisotopic (exact) mass is 339 g/mol. The fraction of sp³-hybridized carbons (Fsp3) is 0.250. The molecule has 0 aliphatic heterocycles. The van der Waals surface area contributed by atoms with Crippen LogP contribution < -0.4 is 5.32 Å². The van der Waals surface area contributed by atoms with Gasteiger partial charge in [0.05, 0.1) is 10.6 Å². The zero-order chi connectivity index (χ0) is 13.4. The van der Waals surface area contributed by atoms with Crippen LogP contribution in [-0.2, 0) is 0 Å². The Kier molecular flexibility index (Phi) is 3.24. The van der Waals surface area contributed by atoms with Crippen LogP contribution in [0.15, 0.2) is 28.1 Å². The molecule has 1 aromatic carbocycles. The van der Waals surface area contributed by atoms with Gasteiger partial charge in [-0.2, -0.15) is 0 Å². The summed E-state index contributed by atoms with van der Waals surface area (Å²) in [5, 5.41) is 16.8. The van der Waals surface area contributed by atoms with E-state index in [1.807, 2.05) is 5.38 Å². The first-order valence-electron chi connectivity index (χ1n) is 5.80. The molecule has 1 N–H and O–H groups in total. The molecule has 0 spiro atoms.